The normalized spacial score (nSPS) is 22.9. The maximum Gasteiger partial charge on any atom is 0.407 e. The van der Waals surface area contributed by atoms with Gasteiger partial charge >= 0.3 is 6.09 Å². The highest BCUT2D eigenvalue weighted by molar-refractivity contribution is 7.80. The van der Waals surface area contributed by atoms with E-state index >= 15 is 0 Å². The third-order valence-electron chi connectivity index (χ3n) is 3.47. The Morgan fingerprint density at radius 2 is 1.60 bits per heavy atom. The zero-order valence-electron chi connectivity index (χ0n) is 12.7. The second kappa shape index (κ2) is 7.67. The van der Waals surface area contributed by atoms with Crippen LogP contribution in [0.1, 0.15) is 46.5 Å². The molecule has 1 saturated carbocycles. The maximum atomic E-state index is 11.6. The second-order valence-electron chi connectivity index (χ2n) is 6.51. The van der Waals surface area contributed by atoms with Crippen molar-refractivity contribution in [3.8, 4) is 0 Å². The Morgan fingerprint density at radius 1 is 1.15 bits per heavy atom. The molecule has 0 spiro atoms. The maximum absolute atomic E-state index is 11.6. The van der Waals surface area contributed by atoms with Gasteiger partial charge in [0.15, 0.2) is 5.11 Å². The minimum Gasteiger partial charge on any atom is -0.444 e. The number of thiocarbonyl (C=S) groups is 1. The predicted octanol–water partition coefficient (Wildman–Crippen LogP) is 2.15. The Balaban J connectivity index is 2.16. The molecule has 0 unspecified atom stereocenters. The van der Waals surface area contributed by atoms with Crippen LogP contribution in [0.3, 0.4) is 0 Å². The highest BCUT2D eigenvalue weighted by Gasteiger charge is 2.22. The minimum atomic E-state index is -0.436. The topological polar surface area (TPSA) is 76.4 Å². The average molecular weight is 301 g/mol. The number of nitrogens with one attached hydrogen (secondary N) is 2. The van der Waals surface area contributed by atoms with E-state index in [0.717, 1.165) is 32.2 Å². The monoisotopic (exact) mass is 301 g/mol. The fraction of sp³-hybridized carbons (Fsp3) is 0.857. The summed E-state index contributed by atoms with van der Waals surface area (Å²) in [4.78, 5) is 11.6. The van der Waals surface area contributed by atoms with Gasteiger partial charge in [0.1, 0.15) is 5.60 Å². The van der Waals surface area contributed by atoms with Crippen molar-refractivity contribution in [1.29, 1.82) is 0 Å². The van der Waals surface area contributed by atoms with E-state index < -0.39 is 5.60 Å². The van der Waals surface area contributed by atoms with Crippen molar-refractivity contribution >= 4 is 23.4 Å². The number of hydrogen-bond donors (Lipinski definition) is 3. The molecule has 20 heavy (non-hydrogen) atoms. The largest absolute Gasteiger partial charge is 0.444 e. The minimum absolute atomic E-state index is 0.324. The lowest BCUT2D eigenvalue weighted by Gasteiger charge is -2.29. The summed E-state index contributed by atoms with van der Waals surface area (Å²) in [6.07, 6.45) is 4.22. The van der Waals surface area contributed by atoms with Crippen molar-refractivity contribution in [3.05, 3.63) is 0 Å². The van der Waals surface area contributed by atoms with E-state index in [9.17, 15) is 4.79 Å². The second-order valence-corrected chi connectivity index (χ2v) is 6.95. The van der Waals surface area contributed by atoms with Crippen LogP contribution in [-0.4, -0.2) is 29.9 Å². The van der Waals surface area contributed by atoms with Crippen LogP contribution >= 0.6 is 12.2 Å². The summed E-state index contributed by atoms with van der Waals surface area (Å²) < 4.78 is 5.23. The van der Waals surface area contributed by atoms with Gasteiger partial charge in [-0.2, -0.15) is 0 Å². The fourth-order valence-electron chi connectivity index (χ4n) is 2.43. The van der Waals surface area contributed by atoms with Crippen LogP contribution in [0.4, 0.5) is 4.79 Å². The Bertz CT molecular complexity index is 334. The first-order valence-corrected chi connectivity index (χ1v) is 7.67. The molecule has 1 fully saturated rings. The first-order chi connectivity index (χ1) is 9.26. The lowest BCUT2D eigenvalue weighted by Crippen LogP contribution is -2.38. The summed E-state index contributed by atoms with van der Waals surface area (Å²) >= 11 is 4.81. The van der Waals surface area contributed by atoms with Crippen molar-refractivity contribution in [2.75, 3.05) is 13.1 Å². The lowest BCUT2D eigenvalue weighted by molar-refractivity contribution is 0.0513. The van der Waals surface area contributed by atoms with Crippen LogP contribution in [0.2, 0.25) is 0 Å². The lowest BCUT2D eigenvalue weighted by atomic mass is 9.82. The van der Waals surface area contributed by atoms with Crippen LogP contribution in [0.15, 0.2) is 0 Å². The molecule has 0 aliphatic heterocycles. The molecule has 0 atom stereocenters. The molecule has 0 saturated heterocycles. The third kappa shape index (κ3) is 7.53. The number of hydrogen-bond acceptors (Lipinski definition) is 3. The molecule has 1 amide bonds. The van der Waals surface area contributed by atoms with Crippen molar-refractivity contribution in [2.45, 2.75) is 52.1 Å². The van der Waals surface area contributed by atoms with Crippen LogP contribution < -0.4 is 16.4 Å². The molecule has 0 radical (unpaired) electrons. The summed E-state index contributed by atoms with van der Waals surface area (Å²) in [5, 5.41) is 6.26. The number of amides is 1. The number of ether oxygens (including phenoxy) is 1. The van der Waals surface area contributed by atoms with Crippen molar-refractivity contribution in [2.24, 2.45) is 17.6 Å². The van der Waals surface area contributed by atoms with Gasteiger partial charge in [0, 0.05) is 13.1 Å². The van der Waals surface area contributed by atoms with E-state index in [-0.39, 0.29) is 6.09 Å². The van der Waals surface area contributed by atoms with Gasteiger partial charge in [0.25, 0.3) is 0 Å². The highest BCUT2D eigenvalue weighted by atomic mass is 32.1. The van der Waals surface area contributed by atoms with E-state index in [2.05, 4.69) is 10.6 Å². The number of carbonyl (C=O) groups is 1. The standard InChI is InChI=1S/C14H27N3O2S/c1-14(2,3)19-13(18)17-9-11-6-4-10(5-7-11)8-16-12(15)20/h10-11H,4-9H2,1-3H3,(H,17,18)(H3,15,16,20)/t10-,11-. The Labute approximate surface area is 127 Å². The third-order valence-corrected chi connectivity index (χ3v) is 3.61. The first kappa shape index (κ1) is 17.0. The van der Waals surface area contributed by atoms with Gasteiger partial charge in [-0.3, -0.25) is 0 Å². The molecule has 116 valence electrons. The van der Waals surface area contributed by atoms with E-state index in [1.54, 1.807) is 0 Å². The Morgan fingerprint density at radius 3 is 2.00 bits per heavy atom. The SMILES string of the molecule is CC(C)(C)OC(=O)NC[C@H]1CC[C@H](CNC(N)=S)CC1. The van der Waals surface area contributed by atoms with E-state index in [1.165, 1.54) is 0 Å². The molecule has 0 aromatic rings. The number of carbonyl (C=O) groups excluding carboxylic acids is 1. The van der Waals surface area contributed by atoms with Crippen LogP contribution in [0.5, 0.6) is 0 Å². The number of alkyl carbamates (subject to hydrolysis) is 1. The van der Waals surface area contributed by atoms with Gasteiger partial charge in [-0.15, -0.1) is 0 Å². The van der Waals surface area contributed by atoms with E-state index in [4.69, 9.17) is 22.7 Å². The molecule has 1 aliphatic carbocycles. The van der Waals surface area contributed by atoms with Crippen LogP contribution in [-0.2, 0) is 4.74 Å². The predicted molar refractivity (Wildman–Crippen MR) is 84.5 cm³/mol. The van der Waals surface area contributed by atoms with Crippen molar-refractivity contribution in [3.63, 3.8) is 0 Å². The van der Waals surface area contributed by atoms with E-state index in [0.29, 0.717) is 23.5 Å². The molecule has 5 nitrogen and oxygen atoms in total. The summed E-state index contributed by atoms with van der Waals surface area (Å²) in [6.45, 7) is 7.16. The number of nitrogens with two attached hydrogens (primary N) is 1. The van der Waals surface area contributed by atoms with Gasteiger partial charge in [-0.25, -0.2) is 4.79 Å². The molecule has 0 aromatic carbocycles. The molecule has 0 aromatic heterocycles. The summed E-state index contributed by atoms with van der Waals surface area (Å²) in [6, 6.07) is 0. The van der Waals surface area contributed by atoms with Crippen molar-refractivity contribution in [1.82, 2.24) is 10.6 Å². The molecule has 0 heterocycles. The van der Waals surface area contributed by atoms with Gasteiger partial charge in [0.05, 0.1) is 0 Å². The fourth-order valence-corrected chi connectivity index (χ4v) is 2.51. The molecular weight excluding hydrogens is 274 g/mol. The smallest absolute Gasteiger partial charge is 0.407 e. The molecular formula is C14H27N3O2S. The highest BCUT2D eigenvalue weighted by Crippen LogP contribution is 2.27. The van der Waals surface area contributed by atoms with E-state index in [1.807, 2.05) is 20.8 Å². The Hall–Kier alpha value is -1.04. The first-order valence-electron chi connectivity index (χ1n) is 7.26. The summed E-state index contributed by atoms with van der Waals surface area (Å²) in [7, 11) is 0. The molecule has 1 aliphatic rings. The van der Waals surface area contributed by atoms with Gasteiger partial charge in [-0.1, -0.05) is 0 Å². The van der Waals surface area contributed by atoms with Gasteiger partial charge < -0.3 is 21.1 Å². The summed E-state index contributed by atoms with van der Waals surface area (Å²) in [5.74, 6) is 1.18. The van der Waals surface area contributed by atoms with Gasteiger partial charge in [0.2, 0.25) is 0 Å². The molecule has 1 rings (SSSR count). The average Bonchev–Trinajstić information content (AvgIpc) is 2.33. The summed E-state index contributed by atoms with van der Waals surface area (Å²) in [5.41, 5.74) is 4.99. The molecule has 4 N–H and O–H groups in total. The zero-order valence-corrected chi connectivity index (χ0v) is 13.5. The van der Waals surface area contributed by atoms with Gasteiger partial charge in [-0.05, 0) is 70.5 Å². The van der Waals surface area contributed by atoms with Crippen LogP contribution in [0, 0.1) is 11.8 Å². The molecule has 0 bridgehead atoms. The van der Waals surface area contributed by atoms with Crippen LogP contribution in [0.25, 0.3) is 0 Å². The molecule has 6 heteroatoms. The zero-order chi connectivity index (χ0) is 15.2. The van der Waals surface area contributed by atoms with Crippen molar-refractivity contribution < 1.29 is 9.53 Å². The Kier molecular flexibility index (Phi) is 6.52. The number of rotatable bonds is 4. The quantitative estimate of drug-likeness (QED) is 0.694.